The minimum absolute atomic E-state index is 0.0295. The van der Waals surface area contributed by atoms with Crippen LogP contribution in [0.5, 0.6) is 0 Å². The van der Waals surface area contributed by atoms with Gasteiger partial charge in [0.25, 0.3) is 0 Å². The first-order valence-electron chi connectivity index (χ1n) is 7.01. The van der Waals surface area contributed by atoms with Gasteiger partial charge >= 0.3 is 0 Å². The molecule has 4 rings (SSSR count). The molecule has 0 nitrogen and oxygen atoms in total. The van der Waals surface area contributed by atoms with Crippen molar-refractivity contribution in [2.75, 3.05) is 0 Å². The van der Waals surface area contributed by atoms with Crippen LogP contribution < -0.4 is 0 Å². The highest BCUT2D eigenvalue weighted by molar-refractivity contribution is 9.10. The number of benzene rings is 3. The Hall–Kier alpha value is -1.12. The van der Waals surface area contributed by atoms with Gasteiger partial charge in [-0.1, -0.05) is 70.0 Å². The summed E-state index contributed by atoms with van der Waals surface area (Å²) in [4.78, 5) is 0. The number of halogens is 2. The lowest BCUT2D eigenvalue weighted by atomic mass is 9.80. The summed E-state index contributed by atoms with van der Waals surface area (Å²) in [7, 11) is 0. The monoisotopic (exact) mass is 400 g/mol. The molecule has 3 aromatic rings. The molecule has 0 aliphatic heterocycles. The average molecular weight is 402 g/mol. The number of rotatable bonds is 0. The molecule has 0 saturated heterocycles. The van der Waals surface area contributed by atoms with Crippen molar-refractivity contribution < 1.29 is 0 Å². The Morgan fingerprint density at radius 1 is 0.762 bits per heavy atom. The van der Waals surface area contributed by atoms with Gasteiger partial charge in [-0.3, -0.25) is 0 Å². The van der Waals surface area contributed by atoms with Crippen LogP contribution in [0.3, 0.4) is 0 Å². The molecule has 21 heavy (non-hydrogen) atoms. The van der Waals surface area contributed by atoms with Crippen LogP contribution in [-0.2, 0) is 5.41 Å². The highest BCUT2D eigenvalue weighted by Crippen LogP contribution is 2.51. The van der Waals surface area contributed by atoms with Crippen molar-refractivity contribution in [3.05, 3.63) is 68.6 Å². The van der Waals surface area contributed by atoms with E-state index in [1.165, 1.54) is 33.0 Å². The molecule has 0 amide bonds. The molecule has 0 fully saturated rings. The van der Waals surface area contributed by atoms with Gasteiger partial charge in [-0.2, -0.15) is 0 Å². The molecule has 1 aliphatic rings. The zero-order valence-electron chi connectivity index (χ0n) is 11.9. The van der Waals surface area contributed by atoms with Gasteiger partial charge in [0.05, 0.1) is 0 Å². The molecule has 0 aromatic heterocycles. The van der Waals surface area contributed by atoms with Crippen molar-refractivity contribution in [3.63, 3.8) is 0 Å². The Morgan fingerprint density at radius 2 is 1.43 bits per heavy atom. The molecule has 0 bridgehead atoms. The normalized spacial score (nSPS) is 15.0. The molecule has 0 saturated carbocycles. The Balaban J connectivity index is 2.14. The average Bonchev–Trinajstić information content (AvgIpc) is 2.67. The third-order valence-corrected chi connectivity index (χ3v) is 5.54. The highest BCUT2D eigenvalue weighted by Gasteiger charge is 2.36. The van der Waals surface area contributed by atoms with Gasteiger partial charge in [0.15, 0.2) is 0 Å². The van der Waals surface area contributed by atoms with E-state index in [1.807, 2.05) is 0 Å². The standard InChI is InChI=1S/C19H14Br2/c1-19(2)17-10-13(21)5-8-15(17)16-6-3-11-9-12(20)4-7-14(11)18(16)19/h3-10H,1-2H3. The lowest BCUT2D eigenvalue weighted by Gasteiger charge is -2.23. The molecular formula is C19H14Br2. The molecule has 0 N–H and O–H groups in total. The first-order chi connectivity index (χ1) is 9.98. The van der Waals surface area contributed by atoms with Crippen LogP contribution in [0.2, 0.25) is 0 Å². The van der Waals surface area contributed by atoms with Crippen LogP contribution in [0.25, 0.3) is 21.9 Å². The van der Waals surface area contributed by atoms with E-state index in [1.54, 1.807) is 0 Å². The SMILES string of the molecule is CC1(C)c2cc(Br)ccc2-c2ccc3cc(Br)ccc3c21. The van der Waals surface area contributed by atoms with Crippen molar-refractivity contribution in [1.29, 1.82) is 0 Å². The highest BCUT2D eigenvalue weighted by atomic mass is 79.9. The van der Waals surface area contributed by atoms with Crippen LogP contribution in [0.15, 0.2) is 57.5 Å². The van der Waals surface area contributed by atoms with Gasteiger partial charge in [0.1, 0.15) is 0 Å². The second-order valence-electron chi connectivity index (χ2n) is 6.17. The van der Waals surface area contributed by atoms with E-state index < -0.39 is 0 Å². The van der Waals surface area contributed by atoms with E-state index in [-0.39, 0.29) is 5.41 Å². The summed E-state index contributed by atoms with van der Waals surface area (Å²) in [6, 6.07) is 17.7. The summed E-state index contributed by atoms with van der Waals surface area (Å²) in [5, 5.41) is 2.65. The Kier molecular flexibility index (Phi) is 2.86. The Labute approximate surface area is 141 Å². The molecule has 0 heterocycles. The van der Waals surface area contributed by atoms with Crippen molar-refractivity contribution in [3.8, 4) is 11.1 Å². The predicted molar refractivity (Wildman–Crippen MR) is 96.9 cm³/mol. The summed E-state index contributed by atoms with van der Waals surface area (Å²) >= 11 is 7.19. The molecule has 1 aliphatic carbocycles. The summed E-state index contributed by atoms with van der Waals surface area (Å²) < 4.78 is 2.28. The molecule has 0 radical (unpaired) electrons. The minimum Gasteiger partial charge on any atom is -0.0537 e. The summed E-state index contributed by atoms with van der Waals surface area (Å²) in [5.74, 6) is 0. The van der Waals surface area contributed by atoms with E-state index in [4.69, 9.17) is 0 Å². The van der Waals surface area contributed by atoms with Gasteiger partial charge < -0.3 is 0 Å². The predicted octanol–water partition coefficient (Wildman–Crippen LogP) is 6.67. The van der Waals surface area contributed by atoms with E-state index in [0.717, 1.165) is 8.95 Å². The Morgan fingerprint density at radius 3 is 2.24 bits per heavy atom. The minimum atomic E-state index is 0.0295. The van der Waals surface area contributed by atoms with Crippen molar-refractivity contribution in [1.82, 2.24) is 0 Å². The van der Waals surface area contributed by atoms with E-state index >= 15 is 0 Å². The number of hydrogen-bond donors (Lipinski definition) is 0. The van der Waals surface area contributed by atoms with E-state index in [9.17, 15) is 0 Å². The summed E-state index contributed by atoms with van der Waals surface area (Å²) in [5.41, 5.74) is 5.62. The first kappa shape index (κ1) is 13.5. The topological polar surface area (TPSA) is 0 Å². The lowest BCUT2D eigenvalue weighted by Crippen LogP contribution is -2.15. The van der Waals surface area contributed by atoms with Crippen molar-refractivity contribution in [2.24, 2.45) is 0 Å². The van der Waals surface area contributed by atoms with Gasteiger partial charge in [-0.15, -0.1) is 0 Å². The molecule has 0 spiro atoms. The molecule has 2 heteroatoms. The van der Waals surface area contributed by atoms with Crippen LogP contribution in [0, 0.1) is 0 Å². The van der Waals surface area contributed by atoms with Gasteiger partial charge in [0, 0.05) is 14.4 Å². The second kappa shape index (κ2) is 4.44. The van der Waals surface area contributed by atoms with Gasteiger partial charge in [-0.05, 0) is 57.3 Å². The van der Waals surface area contributed by atoms with E-state index in [0.29, 0.717) is 0 Å². The largest absolute Gasteiger partial charge is 0.0537 e. The van der Waals surface area contributed by atoms with Crippen LogP contribution in [0.1, 0.15) is 25.0 Å². The zero-order chi connectivity index (χ0) is 14.8. The smallest absolute Gasteiger partial charge is 0.0181 e. The van der Waals surface area contributed by atoms with Crippen molar-refractivity contribution >= 4 is 42.6 Å². The van der Waals surface area contributed by atoms with Crippen LogP contribution in [-0.4, -0.2) is 0 Å². The number of hydrogen-bond acceptors (Lipinski definition) is 0. The summed E-state index contributed by atoms with van der Waals surface area (Å²) in [6.07, 6.45) is 0. The maximum atomic E-state index is 3.61. The fourth-order valence-electron chi connectivity index (χ4n) is 3.60. The fraction of sp³-hybridized carbons (Fsp3) is 0.158. The summed E-state index contributed by atoms with van der Waals surface area (Å²) in [6.45, 7) is 4.65. The maximum absolute atomic E-state index is 3.61. The molecular weight excluding hydrogens is 388 g/mol. The number of fused-ring (bicyclic) bond motifs is 5. The van der Waals surface area contributed by atoms with Crippen molar-refractivity contribution in [2.45, 2.75) is 19.3 Å². The maximum Gasteiger partial charge on any atom is 0.0181 e. The quantitative estimate of drug-likeness (QED) is 0.394. The molecule has 3 aromatic carbocycles. The zero-order valence-corrected chi connectivity index (χ0v) is 15.0. The molecule has 0 unspecified atom stereocenters. The van der Waals surface area contributed by atoms with Gasteiger partial charge in [-0.25, -0.2) is 0 Å². The Bertz CT molecular complexity index is 891. The lowest BCUT2D eigenvalue weighted by molar-refractivity contribution is 0.666. The fourth-order valence-corrected chi connectivity index (χ4v) is 4.34. The van der Waals surface area contributed by atoms with Gasteiger partial charge in [0.2, 0.25) is 0 Å². The van der Waals surface area contributed by atoms with E-state index in [2.05, 4.69) is 94.2 Å². The molecule has 104 valence electrons. The molecule has 0 atom stereocenters. The third-order valence-electron chi connectivity index (χ3n) is 4.55. The first-order valence-corrected chi connectivity index (χ1v) is 8.60. The second-order valence-corrected chi connectivity index (χ2v) is 8.00. The van der Waals surface area contributed by atoms with Crippen LogP contribution in [0.4, 0.5) is 0 Å². The third kappa shape index (κ3) is 1.85. The van der Waals surface area contributed by atoms with Crippen LogP contribution >= 0.6 is 31.9 Å².